The minimum Gasteiger partial charge on any atom is -0.487 e. The molecule has 3 aromatic carbocycles. The summed E-state index contributed by atoms with van der Waals surface area (Å²) < 4.78 is 40.3. The summed E-state index contributed by atoms with van der Waals surface area (Å²) in [6.45, 7) is 4.27. The van der Waals surface area contributed by atoms with Gasteiger partial charge in [-0.25, -0.2) is 13.1 Å². The minimum absolute atomic E-state index is 0.192. The molecule has 1 saturated heterocycles. The highest BCUT2D eigenvalue weighted by Gasteiger charge is 2.27. The molecule has 1 unspecified atom stereocenters. The van der Waals surface area contributed by atoms with E-state index in [2.05, 4.69) is 39.8 Å². The van der Waals surface area contributed by atoms with Gasteiger partial charge in [-0.15, -0.1) is 0 Å². The molecule has 224 valence electrons. The third-order valence-corrected chi connectivity index (χ3v) is 9.87. The standard InChI is InChI=1S/C32H38ClN3O5S/c1-35-15-17-36(18-16-35)30-5-3-4-6-31(30)41-22-23-19-24(7-14-32(37)40-2)29-13-10-27(21-25(29)20-23)34-42(38,39)28-11-8-26(33)9-12-28/h3-6,8-9,11-12,19-20,27,34H,7,10,13-18,21-22H2,1-2H3. The number of hydrogen-bond acceptors (Lipinski definition) is 7. The van der Waals surface area contributed by atoms with Crippen molar-refractivity contribution in [2.24, 2.45) is 0 Å². The van der Waals surface area contributed by atoms with Gasteiger partial charge in [-0.1, -0.05) is 35.9 Å². The van der Waals surface area contributed by atoms with Crippen LogP contribution in [0.3, 0.4) is 0 Å². The average molecular weight is 612 g/mol. The first-order valence-electron chi connectivity index (χ1n) is 14.4. The van der Waals surface area contributed by atoms with Gasteiger partial charge in [-0.05, 0) is 91.4 Å². The molecule has 0 saturated carbocycles. The van der Waals surface area contributed by atoms with Crippen molar-refractivity contribution < 1.29 is 22.7 Å². The van der Waals surface area contributed by atoms with Crippen LogP contribution in [0.25, 0.3) is 0 Å². The molecule has 1 heterocycles. The van der Waals surface area contributed by atoms with Crippen LogP contribution in [0.5, 0.6) is 5.75 Å². The number of methoxy groups -OCH3 is 1. The molecule has 10 heteroatoms. The van der Waals surface area contributed by atoms with Crippen LogP contribution in [-0.2, 0) is 45.4 Å². The molecule has 0 radical (unpaired) electrons. The summed E-state index contributed by atoms with van der Waals surface area (Å²) in [6, 6.07) is 18.3. The van der Waals surface area contributed by atoms with E-state index in [1.54, 1.807) is 12.1 Å². The first-order chi connectivity index (χ1) is 20.2. The number of esters is 1. The van der Waals surface area contributed by atoms with Crippen molar-refractivity contribution in [3.8, 4) is 5.75 Å². The largest absolute Gasteiger partial charge is 0.487 e. The summed E-state index contributed by atoms with van der Waals surface area (Å²) in [5.41, 5.74) is 5.43. The summed E-state index contributed by atoms with van der Waals surface area (Å²) in [6.07, 6.45) is 2.78. The fraction of sp³-hybridized carbons (Fsp3) is 0.406. The molecule has 1 aliphatic heterocycles. The van der Waals surface area contributed by atoms with Crippen LogP contribution < -0.4 is 14.4 Å². The van der Waals surface area contributed by atoms with E-state index in [4.69, 9.17) is 21.1 Å². The Morgan fingerprint density at radius 1 is 1.05 bits per heavy atom. The molecule has 1 N–H and O–H groups in total. The van der Waals surface area contributed by atoms with Crippen molar-refractivity contribution in [2.75, 3.05) is 45.2 Å². The number of nitrogens with one attached hydrogen (secondary N) is 1. The van der Waals surface area contributed by atoms with E-state index >= 15 is 0 Å². The fourth-order valence-electron chi connectivity index (χ4n) is 5.75. The molecule has 0 aromatic heterocycles. The van der Waals surface area contributed by atoms with E-state index in [1.165, 1.54) is 24.8 Å². The molecule has 2 aliphatic rings. The number of ether oxygens (including phenoxy) is 2. The third kappa shape index (κ3) is 7.45. The highest BCUT2D eigenvalue weighted by atomic mass is 35.5. The lowest BCUT2D eigenvalue weighted by molar-refractivity contribution is -0.140. The number of rotatable bonds is 10. The molecule has 0 spiro atoms. The zero-order valence-corrected chi connectivity index (χ0v) is 25.7. The first-order valence-corrected chi connectivity index (χ1v) is 16.2. The molecule has 5 rings (SSSR count). The van der Waals surface area contributed by atoms with E-state index < -0.39 is 10.0 Å². The fourth-order valence-corrected chi connectivity index (χ4v) is 7.15. The Bertz CT molecular complexity index is 1510. The summed E-state index contributed by atoms with van der Waals surface area (Å²) in [5, 5.41) is 0.487. The van der Waals surface area contributed by atoms with E-state index in [0.717, 1.165) is 54.3 Å². The van der Waals surface area contributed by atoms with Crippen molar-refractivity contribution in [1.82, 2.24) is 9.62 Å². The Morgan fingerprint density at radius 2 is 1.79 bits per heavy atom. The second kappa shape index (κ2) is 13.5. The second-order valence-corrected chi connectivity index (χ2v) is 13.2. The summed E-state index contributed by atoms with van der Waals surface area (Å²) in [7, 11) is -0.152. The van der Waals surface area contributed by atoms with Crippen LogP contribution in [0.1, 0.15) is 35.1 Å². The van der Waals surface area contributed by atoms with Gasteiger partial charge in [0.05, 0.1) is 17.7 Å². The number of carbonyl (C=O) groups is 1. The van der Waals surface area contributed by atoms with E-state index in [1.807, 2.05) is 18.2 Å². The third-order valence-electron chi connectivity index (χ3n) is 8.08. The summed E-state index contributed by atoms with van der Waals surface area (Å²) in [5.74, 6) is 0.584. The van der Waals surface area contributed by atoms with Gasteiger partial charge in [-0.3, -0.25) is 4.79 Å². The number of sulfonamides is 1. The number of anilines is 1. The molecule has 1 fully saturated rings. The predicted octanol–water partition coefficient (Wildman–Crippen LogP) is 4.61. The predicted molar refractivity (Wildman–Crippen MR) is 165 cm³/mol. The maximum Gasteiger partial charge on any atom is 0.305 e. The van der Waals surface area contributed by atoms with Crippen LogP contribution in [0, 0.1) is 0 Å². The number of halogens is 1. The Labute approximate surface area is 253 Å². The van der Waals surface area contributed by atoms with E-state index in [0.29, 0.717) is 37.3 Å². The molecule has 1 atom stereocenters. The van der Waals surface area contributed by atoms with Crippen molar-refractivity contribution in [3.05, 3.63) is 87.9 Å². The Balaban J connectivity index is 1.35. The van der Waals surface area contributed by atoms with Gasteiger partial charge in [0, 0.05) is 43.7 Å². The molecule has 0 bridgehead atoms. The quantitative estimate of drug-likeness (QED) is 0.335. The van der Waals surface area contributed by atoms with E-state index in [-0.39, 0.29) is 23.3 Å². The SMILES string of the molecule is COC(=O)CCc1cc(COc2ccccc2N2CCN(C)CC2)cc2c1CCC(NS(=O)(=O)c1ccc(Cl)cc1)C2. The number of piperazine rings is 1. The summed E-state index contributed by atoms with van der Waals surface area (Å²) >= 11 is 5.95. The van der Waals surface area contributed by atoms with Crippen molar-refractivity contribution >= 4 is 33.3 Å². The Kier molecular flexibility index (Phi) is 9.73. The zero-order valence-electron chi connectivity index (χ0n) is 24.1. The number of nitrogens with zero attached hydrogens (tertiary/aromatic N) is 2. The number of hydrogen-bond donors (Lipinski definition) is 1. The van der Waals surface area contributed by atoms with Crippen molar-refractivity contribution in [1.29, 1.82) is 0 Å². The molecule has 1 aliphatic carbocycles. The monoisotopic (exact) mass is 611 g/mol. The van der Waals surface area contributed by atoms with Crippen LogP contribution in [0.2, 0.25) is 5.02 Å². The number of fused-ring (bicyclic) bond motifs is 1. The smallest absolute Gasteiger partial charge is 0.305 e. The Hall–Kier alpha value is -3.11. The lowest BCUT2D eigenvalue weighted by Crippen LogP contribution is -2.44. The van der Waals surface area contributed by atoms with Gasteiger partial charge < -0.3 is 19.3 Å². The van der Waals surface area contributed by atoms with Crippen molar-refractivity contribution in [2.45, 2.75) is 49.6 Å². The van der Waals surface area contributed by atoms with Crippen LogP contribution in [0.4, 0.5) is 5.69 Å². The van der Waals surface area contributed by atoms with Crippen LogP contribution in [0.15, 0.2) is 65.6 Å². The number of likely N-dealkylation sites (N-methyl/N-ethyl adjacent to an activating group) is 1. The minimum atomic E-state index is -3.69. The molecule has 8 nitrogen and oxygen atoms in total. The number of carbonyl (C=O) groups excluding carboxylic acids is 1. The summed E-state index contributed by atoms with van der Waals surface area (Å²) in [4.78, 5) is 16.9. The normalized spacial score (nSPS) is 17.5. The average Bonchev–Trinajstić information content (AvgIpc) is 2.99. The molecular weight excluding hydrogens is 574 g/mol. The lowest BCUT2D eigenvalue weighted by Gasteiger charge is -2.34. The number of benzene rings is 3. The van der Waals surface area contributed by atoms with Crippen molar-refractivity contribution in [3.63, 3.8) is 0 Å². The highest BCUT2D eigenvalue weighted by molar-refractivity contribution is 7.89. The van der Waals surface area contributed by atoms with E-state index in [9.17, 15) is 13.2 Å². The maximum absolute atomic E-state index is 13.1. The molecule has 0 amide bonds. The van der Waals surface area contributed by atoms with Gasteiger partial charge in [0.1, 0.15) is 12.4 Å². The van der Waals surface area contributed by atoms with Gasteiger partial charge in [0.15, 0.2) is 0 Å². The molecule has 42 heavy (non-hydrogen) atoms. The zero-order chi connectivity index (χ0) is 29.7. The number of para-hydroxylation sites is 2. The lowest BCUT2D eigenvalue weighted by atomic mass is 9.83. The van der Waals surface area contributed by atoms with Crippen LogP contribution >= 0.6 is 11.6 Å². The molecule has 3 aromatic rings. The number of aryl methyl sites for hydroxylation is 1. The highest BCUT2D eigenvalue weighted by Crippen LogP contribution is 2.32. The van der Waals surface area contributed by atoms with Gasteiger partial charge in [0.25, 0.3) is 0 Å². The van der Waals surface area contributed by atoms with Gasteiger partial charge in [-0.2, -0.15) is 0 Å². The topological polar surface area (TPSA) is 88.2 Å². The second-order valence-electron chi connectivity index (χ2n) is 11.0. The Morgan fingerprint density at radius 3 is 2.52 bits per heavy atom. The first kappa shape index (κ1) is 30.4. The maximum atomic E-state index is 13.1. The van der Waals surface area contributed by atoms with Crippen LogP contribution in [-0.4, -0.2) is 65.7 Å². The van der Waals surface area contributed by atoms with Gasteiger partial charge in [0.2, 0.25) is 10.0 Å². The molecular formula is C32H38ClN3O5S. The van der Waals surface area contributed by atoms with Gasteiger partial charge >= 0.3 is 5.97 Å².